The molecule has 0 aromatic rings. The van der Waals surface area contributed by atoms with E-state index < -0.39 is 15.3 Å². The average Bonchev–Trinajstić information content (AvgIpc) is 2.77. The van der Waals surface area contributed by atoms with E-state index in [1.165, 1.54) is 12.8 Å². The Kier molecular flexibility index (Phi) is 2.83. The Morgan fingerprint density at radius 3 is 1.83 bits per heavy atom. The van der Waals surface area contributed by atoms with Crippen LogP contribution >= 0.6 is 13.3 Å². The first kappa shape index (κ1) is 8.71. The Labute approximate surface area is 85.4 Å². The van der Waals surface area contributed by atoms with Crippen molar-refractivity contribution in [3.63, 3.8) is 0 Å². The summed E-state index contributed by atoms with van der Waals surface area (Å²) in [5, 5.41) is 0. The topological polar surface area (TPSA) is 0 Å². The molecule has 0 saturated carbocycles. The van der Waals surface area contributed by atoms with Crippen molar-refractivity contribution >= 4 is 13.3 Å². The molecule has 2 heteroatoms. The number of allylic oxidation sites excluding steroid dienone is 8. The summed E-state index contributed by atoms with van der Waals surface area (Å²) in [6, 6.07) is 0. The van der Waals surface area contributed by atoms with Gasteiger partial charge in [0.15, 0.2) is 0 Å². The molecule has 0 nitrogen and oxygen atoms in total. The van der Waals surface area contributed by atoms with E-state index in [0.717, 1.165) is 0 Å². The van der Waals surface area contributed by atoms with E-state index >= 15 is 0 Å². The average molecular weight is 405 g/mol. The Hall–Kier alpha value is 0.128. The van der Waals surface area contributed by atoms with Crippen molar-refractivity contribution in [1.29, 1.82) is 0 Å². The summed E-state index contributed by atoms with van der Waals surface area (Å²) in [4.78, 5) is 0. The summed E-state index contributed by atoms with van der Waals surface area (Å²) in [5.74, 6) is 0. The molecule has 0 aromatic heterocycles. The molecule has 0 bridgehead atoms. The molecular formula is C10H10BrPt. The van der Waals surface area contributed by atoms with Crippen LogP contribution in [0.2, 0.25) is 0 Å². The van der Waals surface area contributed by atoms with Gasteiger partial charge < -0.3 is 0 Å². The van der Waals surface area contributed by atoms with Crippen molar-refractivity contribution in [2.75, 3.05) is 0 Å². The van der Waals surface area contributed by atoms with Crippen molar-refractivity contribution < 1.29 is 15.3 Å². The molecule has 0 spiro atoms. The molecule has 0 aromatic carbocycles. The predicted octanol–water partition coefficient (Wildman–Crippen LogP) is 3.60. The molecule has 0 atom stereocenters. The molecule has 0 heterocycles. The fraction of sp³-hybridized carbons (Fsp3) is 0.200. The molecule has 0 saturated heterocycles. The molecule has 12 heavy (non-hydrogen) atoms. The first-order valence-electron chi connectivity index (χ1n) is 3.87. The molecule has 67 valence electrons. The number of hydrogen-bond acceptors (Lipinski definition) is 0. The zero-order valence-electron chi connectivity index (χ0n) is 6.57. The SMILES string of the molecule is [Br][Pt]([C]1=CC=CC1)[C]1=CC=CC1. The van der Waals surface area contributed by atoms with E-state index in [-0.39, 0.29) is 0 Å². The standard InChI is InChI=1S/2C5H5.BrH.Pt/c2*1-2-4-5-3-1;;/h2*1-3H,4H2;1H;/q;;;+1/p-1. The van der Waals surface area contributed by atoms with Gasteiger partial charge in [-0.3, -0.25) is 0 Å². The van der Waals surface area contributed by atoms with E-state index in [2.05, 4.69) is 49.8 Å². The Bertz CT molecular complexity index is 267. The molecular weight excluding hydrogens is 395 g/mol. The van der Waals surface area contributed by atoms with E-state index in [4.69, 9.17) is 0 Å². The van der Waals surface area contributed by atoms with E-state index in [1.54, 1.807) is 7.93 Å². The van der Waals surface area contributed by atoms with Crippen molar-refractivity contribution in [2.24, 2.45) is 0 Å². The molecule has 2 rings (SSSR count). The van der Waals surface area contributed by atoms with Crippen LogP contribution in [-0.4, -0.2) is 0 Å². The van der Waals surface area contributed by atoms with Gasteiger partial charge in [0, 0.05) is 0 Å². The summed E-state index contributed by atoms with van der Waals surface area (Å²) >= 11 is 2.79. The van der Waals surface area contributed by atoms with Crippen LogP contribution in [0.15, 0.2) is 44.4 Å². The first-order chi connectivity index (χ1) is 5.88. The van der Waals surface area contributed by atoms with Crippen LogP contribution in [-0.2, 0) is 15.3 Å². The van der Waals surface area contributed by atoms with E-state index in [9.17, 15) is 0 Å². The molecule has 2 aliphatic rings. The van der Waals surface area contributed by atoms with Crippen LogP contribution in [0.1, 0.15) is 12.8 Å². The molecule has 0 N–H and O–H groups in total. The zero-order chi connectivity index (χ0) is 8.39. The van der Waals surface area contributed by atoms with Gasteiger partial charge in [-0.25, -0.2) is 0 Å². The maximum atomic E-state index is 3.87. The van der Waals surface area contributed by atoms with Crippen LogP contribution in [0.25, 0.3) is 0 Å². The van der Waals surface area contributed by atoms with Crippen molar-refractivity contribution in [2.45, 2.75) is 12.8 Å². The number of halogens is 1. The Morgan fingerprint density at radius 2 is 1.50 bits per heavy atom. The third-order valence-electron chi connectivity index (χ3n) is 1.76. The molecule has 0 amide bonds. The Morgan fingerprint density at radius 1 is 1.00 bits per heavy atom. The van der Waals surface area contributed by atoms with E-state index in [0.29, 0.717) is 0 Å². The summed E-state index contributed by atoms with van der Waals surface area (Å²) in [7, 11) is 0. The van der Waals surface area contributed by atoms with Crippen LogP contribution in [0, 0.1) is 0 Å². The van der Waals surface area contributed by atoms with Gasteiger partial charge in [-0.15, -0.1) is 0 Å². The van der Waals surface area contributed by atoms with Gasteiger partial charge in [0.1, 0.15) is 0 Å². The van der Waals surface area contributed by atoms with Crippen molar-refractivity contribution in [3.8, 4) is 0 Å². The fourth-order valence-electron chi connectivity index (χ4n) is 1.15. The van der Waals surface area contributed by atoms with Crippen molar-refractivity contribution in [3.05, 3.63) is 44.4 Å². The summed E-state index contributed by atoms with van der Waals surface area (Å²) in [6.07, 6.45) is 15.7. The second-order valence-electron chi connectivity index (χ2n) is 2.61. The monoisotopic (exact) mass is 404 g/mol. The quantitative estimate of drug-likeness (QED) is 0.659. The van der Waals surface area contributed by atoms with Gasteiger partial charge >= 0.3 is 85.8 Å². The summed E-state index contributed by atoms with van der Waals surface area (Å²) in [5.41, 5.74) is 0. The van der Waals surface area contributed by atoms with Gasteiger partial charge in [0.25, 0.3) is 0 Å². The molecule has 0 aliphatic heterocycles. The van der Waals surface area contributed by atoms with Gasteiger partial charge in [-0.05, 0) is 0 Å². The minimum absolute atomic E-state index is 1.08. The fourth-order valence-corrected chi connectivity index (χ4v) is 7.59. The zero-order valence-corrected chi connectivity index (χ0v) is 10.4. The normalized spacial score (nSPS) is 21.2. The summed E-state index contributed by atoms with van der Waals surface area (Å²) < 4.78 is 3.27. The van der Waals surface area contributed by atoms with Crippen LogP contribution in [0.5, 0.6) is 0 Å². The van der Waals surface area contributed by atoms with Crippen LogP contribution in [0.4, 0.5) is 0 Å². The molecule has 0 unspecified atom stereocenters. The van der Waals surface area contributed by atoms with Gasteiger partial charge in [-0.1, -0.05) is 0 Å². The predicted molar refractivity (Wildman–Crippen MR) is 52.6 cm³/mol. The van der Waals surface area contributed by atoms with Gasteiger partial charge in [0.05, 0.1) is 0 Å². The second kappa shape index (κ2) is 3.89. The first-order valence-corrected chi connectivity index (χ1v) is 11.1. The third-order valence-corrected chi connectivity index (χ3v) is 11.3. The third kappa shape index (κ3) is 1.72. The van der Waals surface area contributed by atoms with Gasteiger partial charge in [0.2, 0.25) is 0 Å². The van der Waals surface area contributed by atoms with Crippen LogP contribution < -0.4 is 0 Å². The van der Waals surface area contributed by atoms with Crippen molar-refractivity contribution in [1.82, 2.24) is 0 Å². The molecule has 0 radical (unpaired) electrons. The van der Waals surface area contributed by atoms with Gasteiger partial charge in [-0.2, -0.15) is 0 Å². The number of rotatable bonds is 2. The molecule has 0 fully saturated rings. The summed E-state index contributed by atoms with van der Waals surface area (Å²) in [6.45, 7) is 0. The number of hydrogen-bond donors (Lipinski definition) is 0. The van der Waals surface area contributed by atoms with Crippen LogP contribution in [0.3, 0.4) is 0 Å². The maximum absolute atomic E-state index is 3.87. The minimum atomic E-state index is -1.08. The Balaban J connectivity index is 2.05. The van der Waals surface area contributed by atoms with E-state index in [1.807, 2.05) is 0 Å². The second-order valence-corrected chi connectivity index (χ2v) is 11.1. The molecule has 2 aliphatic carbocycles.